The minimum atomic E-state index is 0.291. The maximum atomic E-state index is 5.60. The molecule has 130 valence electrons. The molecule has 1 aromatic carbocycles. The number of ether oxygens (including phenoxy) is 1. The fourth-order valence-corrected chi connectivity index (χ4v) is 3.78. The highest BCUT2D eigenvalue weighted by Crippen LogP contribution is 2.31. The second kappa shape index (κ2) is 6.86. The van der Waals surface area contributed by atoms with Crippen LogP contribution >= 0.6 is 0 Å². The number of nitrogens with zero attached hydrogens (tertiary/aromatic N) is 3. The first kappa shape index (κ1) is 16.1. The summed E-state index contributed by atoms with van der Waals surface area (Å²) in [5.41, 5.74) is 4.70. The van der Waals surface area contributed by atoms with Crippen molar-refractivity contribution in [2.75, 3.05) is 26.7 Å². The Labute approximate surface area is 148 Å². The average Bonchev–Trinajstić information content (AvgIpc) is 3.06. The molecule has 25 heavy (non-hydrogen) atoms. The number of pyridine rings is 1. The molecule has 0 bridgehead atoms. The van der Waals surface area contributed by atoms with E-state index < -0.39 is 0 Å². The lowest BCUT2D eigenvalue weighted by atomic mass is 10.0. The van der Waals surface area contributed by atoms with E-state index in [1.165, 1.54) is 17.0 Å². The van der Waals surface area contributed by atoms with E-state index in [-0.39, 0.29) is 0 Å². The summed E-state index contributed by atoms with van der Waals surface area (Å²) in [6.45, 7) is 5.93. The molecule has 0 aliphatic carbocycles. The summed E-state index contributed by atoms with van der Waals surface area (Å²) in [7, 11) is 1.74. The van der Waals surface area contributed by atoms with Crippen LogP contribution in [0.4, 0.5) is 0 Å². The van der Waals surface area contributed by atoms with Gasteiger partial charge in [-0.2, -0.15) is 0 Å². The number of para-hydroxylation sites is 1. The zero-order valence-corrected chi connectivity index (χ0v) is 14.8. The Balaban J connectivity index is 1.67. The van der Waals surface area contributed by atoms with Crippen LogP contribution in [0.25, 0.3) is 5.65 Å². The van der Waals surface area contributed by atoms with Crippen molar-refractivity contribution in [3.63, 3.8) is 0 Å². The molecule has 2 aromatic heterocycles. The summed E-state index contributed by atoms with van der Waals surface area (Å²) in [5.74, 6) is 0.954. The largest absolute Gasteiger partial charge is 0.496 e. The minimum Gasteiger partial charge on any atom is -0.496 e. The number of fused-ring (bicyclic) bond motifs is 1. The number of benzene rings is 1. The van der Waals surface area contributed by atoms with Crippen LogP contribution in [0.2, 0.25) is 0 Å². The summed E-state index contributed by atoms with van der Waals surface area (Å²) in [5, 5.41) is 3.52. The van der Waals surface area contributed by atoms with E-state index in [1.807, 2.05) is 18.3 Å². The summed E-state index contributed by atoms with van der Waals surface area (Å²) in [6, 6.07) is 14.9. The summed E-state index contributed by atoms with van der Waals surface area (Å²) in [4.78, 5) is 7.09. The molecule has 1 unspecified atom stereocenters. The first-order chi connectivity index (χ1) is 12.3. The van der Waals surface area contributed by atoms with Gasteiger partial charge in [0.1, 0.15) is 11.4 Å². The number of imidazole rings is 1. The number of piperazine rings is 1. The molecule has 4 rings (SSSR count). The first-order valence-corrected chi connectivity index (χ1v) is 8.77. The van der Waals surface area contributed by atoms with Crippen LogP contribution in [0, 0.1) is 6.92 Å². The Morgan fingerprint density at radius 2 is 2.08 bits per heavy atom. The molecule has 5 heteroatoms. The average molecular weight is 336 g/mol. The molecule has 0 saturated carbocycles. The maximum Gasteiger partial charge on any atom is 0.137 e. The van der Waals surface area contributed by atoms with E-state index in [1.54, 1.807) is 7.11 Å². The molecule has 1 N–H and O–H groups in total. The van der Waals surface area contributed by atoms with Crippen molar-refractivity contribution < 1.29 is 4.74 Å². The first-order valence-electron chi connectivity index (χ1n) is 8.77. The van der Waals surface area contributed by atoms with Crippen molar-refractivity contribution in [2.24, 2.45) is 0 Å². The number of methoxy groups -OCH3 is 1. The quantitative estimate of drug-likeness (QED) is 0.795. The third-order valence-corrected chi connectivity index (χ3v) is 5.01. The number of nitrogens with one attached hydrogen (secondary N) is 1. The van der Waals surface area contributed by atoms with Gasteiger partial charge in [0.15, 0.2) is 0 Å². The Bertz CT molecular complexity index is 873. The fraction of sp³-hybridized carbons (Fsp3) is 0.350. The van der Waals surface area contributed by atoms with Gasteiger partial charge >= 0.3 is 0 Å². The predicted octanol–water partition coefficient (Wildman–Crippen LogP) is 2.80. The molecular weight excluding hydrogens is 312 g/mol. The van der Waals surface area contributed by atoms with E-state index in [0.29, 0.717) is 6.04 Å². The summed E-state index contributed by atoms with van der Waals surface area (Å²) < 4.78 is 7.85. The van der Waals surface area contributed by atoms with Gasteiger partial charge in [0, 0.05) is 37.4 Å². The van der Waals surface area contributed by atoms with Gasteiger partial charge in [-0.15, -0.1) is 0 Å². The van der Waals surface area contributed by atoms with Crippen LogP contribution in [-0.4, -0.2) is 41.0 Å². The van der Waals surface area contributed by atoms with E-state index in [9.17, 15) is 0 Å². The SMILES string of the molecule is COc1ccccc1C1CNCCN1Cc1cnc2cccc(C)n12. The van der Waals surface area contributed by atoms with E-state index in [2.05, 4.69) is 56.9 Å². The van der Waals surface area contributed by atoms with Crippen molar-refractivity contribution >= 4 is 5.65 Å². The molecule has 1 fully saturated rings. The van der Waals surface area contributed by atoms with E-state index in [4.69, 9.17) is 4.74 Å². The fourth-order valence-electron chi connectivity index (χ4n) is 3.78. The molecule has 0 radical (unpaired) electrons. The van der Waals surface area contributed by atoms with Crippen molar-refractivity contribution in [1.82, 2.24) is 19.6 Å². The zero-order valence-electron chi connectivity index (χ0n) is 14.8. The number of hydrogen-bond acceptors (Lipinski definition) is 4. The monoisotopic (exact) mass is 336 g/mol. The van der Waals surface area contributed by atoms with Gasteiger partial charge in [-0.25, -0.2) is 4.98 Å². The maximum absolute atomic E-state index is 5.60. The smallest absolute Gasteiger partial charge is 0.137 e. The molecule has 1 atom stereocenters. The molecule has 1 aliphatic rings. The number of hydrogen-bond donors (Lipinski definition) is 1. The number of rotatable bonds is 4. The zero-order chi connectivity index (χ0) is 17.2. The van der Waals surface area contributed by atoms with Crippen LogP contribution in [-0.2, 0) is 6.54 Å². The van der Waals surface area contributed by atoms with Gasteiger partial charge in [-0.1, -0.05) is 24.3 Å². The van der Waals surface area contributed by atoms with Crippen molar-refractivity contribution in [1.29, 1.82) is 0 Å². The Kier molecular flexibility index (Phi) is 4.42. The highest BCUT2D eigenvalue weighted by molar-refractivity contribution is 5.42. The van der Waals surface area contributed by atoms with Crippen LogP contribution in [0.3, 0.4) is 0 Å². The minimum absolute atomic E-state index is 0.291. The molecule has 1 aliphatic heterocycles. The Morgan fingerprint density at radius 3 is 2.96 bits per heavy atom. The van der Waals surface area contributed by atoms with Crippen molar-refractivity contribution in [3.05, 3.63) is 65.6 Å². The summed E-state index contributed by atoms with van der Waals surface area (Å²) >= 11 is 0. The Morgan fingerprint density at radius 1 is 1.20 bits per heavy atom. The van der Waals surface area contributed by atoms with Gasteiger partial charge < -0.3 is 14.5 Å². The standard InChI is InChI=1S/C20H24N4O/c1-15-6-5-9-20-22-12-16(24(15)20)14-23-11-10-21-13-18(23)17-7-3-4-8-19(17)25-2/h3-9,12,18,21H,10-11,13-14H2,1-2H3. The second-order valence-corrected chi connectivity index (χ2v) is 6.54. The molecule has 5 nitrogen and oxygen atoms in total. The molecular formula is C20H24N4O. The third-order valence-electron chi connectivity index (χ3n) is 5.01. The van der Waals surface area contributed by atoms with Crippen LogP contribution in [0.5, 0.6) is 5.75 Å². The van der Waals surface area contributed by atoms with Gasteiger partial charge in [0.25, 0.3) is 0 Å². The topological polar surface area (TPSA) is 41.8 Å². The highest BCUT2D eigenvalue weighted by Gasteiger charge is 2.27. The van der Waals surface area contributed by atoms with Gasteiger partial charge in [-0.05, 0) is 25.1 Å². The number of aryl methyl sites for hydroxylation is 1. The normalized spacial score (nSPS) is 18.6. The van der Waals surface area contributed by atoms with E-state index >= 15 is 0 Å². The lowest BCUT2D eigenvalue weighted by Crippen LogP contribution is -2.45. The highest BCUT2D eigenvalue weighted by atomic mass is 16.5. The molecule has 0 amide bonds. The lowest BCUT2D eigenvalue weighted by molar-refractivity contribution is 0.149. The van der Waals surface area contributed by atoms with Crippen LogP contribution < -0.4 is 10.1 Å². The molecule has 3 aromatic rings. The molecule has 1 saturated heterocycles. The van der Waals surface area contributed by atoms with Gasteiger partial charge in [0.2, 0.25) is 0 Å². The Hall–Kier alpha value is -2.37. The van der Waals surface area contributed by atoms with Gasteiger partial charge in [-0.3, -0.25) is 4.90 Å². The van der Waals surface area contributed by atoms with Crippen LogP contribution in [0.1, 0.15) is 23.0 Å². The van der Waals surface area contributed by atoms with Crippen molar-refractivity contribution in [3.8, 4) is 5.75 Å². The van der Waals surface area contributed by atoms with Gasteiger partial charge in [0.05, 0.1) is 25.0 Å². The third kappa shape index (κ3) is 3.01. The predicted molar refractivity (Wildman–Crippen MR) is 98.9 cm³/mol. The summed E-state index contributed by atoms with van der Waals surface area (Å²) in [6.07, 6.45) is 2.00. The lowest BCUT2D eigenvalue weighted by Gasteiger charge is -2.37. The van der Waals surface area contributed by atoms with E-state index in [0.717, 1.165) is 37.6 Å². The second-order valence-electron chi connectivity index (χ2n) is 6.54. The number of aromatic nitrogens is 2. The molecule has 3 heterocycles. The van der Waals surface area contributed by atoms with Crippen molar-refractivity contribution in [2.45, 2.75) is 19.5 Å². The molecule has 0 spiro atoms. The van der Waals surface area contributed by atoms with Crippen LogP contribution in [0.15, 0.2) is 48.7 Å².